The van der Waals surface area contributed by atoms with Gasteiger partial charge in [0.15, 0.2) is 0 Å². The van der Waals surface area contributed by atoms with Crippen LogP contribution in [0.3, 0.4) is 0 Å². The zero-order valence-corrected chi connectivity index (χ0v) is 10.1. The van der Waals surface area contributed by atoms with Crippen LogP contribution in [0.2, 0.25) is 0 Å². The van der Waals surface area contributed by atoms with Gasteiger partial charge in [0, 0.05) is 10.6 Å². The summed E-state index contributed by atoms with van der Waals surface area (Å²) < 4.78 is 4.55. The summed E-state index contributed by atoms with van der Waals surface area (Å²) in [5, 5.41) is 8.77. The second kappa shape index (κ2) is 6.19. The Bertz CT molecular complexity index is 424. The van der Waals surface area contributed by atoms with Crippen LogP contribution in [0.5, 0.6) is 0 Å². The minimum absolute atomic E-state index is 0.196. The van der Waals surface area contributed by atoms with Gasteiger partial charge in [-0.2, -0.15) is 5.26 Å². The van der Waals surface area contributed by atoms with E-state index >= 15 is 0 Å². The Morgan fingerprint density at radius 2 is 2.31 bits per heavy atom. The van der Waals surface area contributed by atoms with E-state index < -0.39 is 0 Å². The maximum Gasteiger partial charge on any atom is 0.306 e. The normalized spacial score (nSPS) is 9.56. The van der Waals surface area contributed by atoms with Crippen LogP contribution in [-0.4, -0.2) is 18.8 Å². The molecule has 0 saturated carbocycles. The molecule has 0 bridgehead atoms. The van der Waals surface area contributed by atoms with Gasteiger partial charge in [-0.25, -0.2) is 0 Å². The molecule has 0 spiro atoms. The Morgan fingerprint density at radius 1 is 1.56 bits per heavy atom. The zero-order valence-electron chi connectivity index (χ0n) is 9.32. The van der Waals surface area contributed by atoms with Gasteiger partial charge in [-0.05, 0) is 30.7 Å². The van der Waals surface area contributed by atoms with Crippen molar-refractivity contribution in [1.82, 2.24) is 0 Å². The first-order valence-electron chi connectivity index (χ1n) is 4.87. The summed E-state index contributed by atoms with van der Waals surface area (Å²) in [6.07, 6.45) is 0.403. The van der Waals surface area contributed by atoms with Gasteiger partial charge in [0.05, 0.1) is 25.2 Å². The highest BCUT2D eigenvalue weighted by Crippen LogP contribution is 2.21. The standard InChI is InChI=1S/C12H13NO2S/c1-9-7-11(4-3-10(9)8-13)16-6-5-12(14)15-2/h3-4,7H,5-6H2,1-2H3. The number of hydrogen-bond acceptors (Lipinski definition) is 4. The van der Waals surface area contributed by atoms with Gasteiger partial charge >= 0.3 is 5.97 Å². The largest absolute Gasteiger partial charge is 0.469 e. The quantitative estimate of drug-likeness (QED) is 0.594. The number of ether oxygens (including phenoxy) is 1. The molecule has 1 aromatic rings. The molecular weight excluding hydrogens is 222 g/mol. The van der Waals surface area contributed by atoms with Crippen LogP contribution >= 0.6 is 11.8 Å². The minimum atomic E-state index is -0.196. The molecule has 4 heteroatoms. The number of nitrogens with zero attached hydrogens (tertiary/aromatic N) is 1. The zero-order chi connectivity index (χ0) is 12.0. The van der Waals surface area contributed by atoms with Crippen LogP contribution in [0.15, 0.2) is 23.1 Å². The highest BCUT2D eigenvalue weighted by atomic mass is 32.2. The molecule has 0 radical (unpaired) electrons. The molecule has 0 aliphatic heterocycles. The van der Waals surface area contributed by atoms with Gasteiger partial charge in [-0.3, -0.25) is 4.79 Å². The Morgan fingerprint density at radius 3 is 2.88 bits per heavy atom. The predicted molar refractivity (Wildman–Crippen MR) is 63.3 cm³/mol. The van der Waals surface area contributed by atoms with Crippen LogP contribution in [-0.2, 0) is 9.53 Å². The molecule has 0 aromatic heterocycles. The first-order chi connectivity index (χ1) is 7.67. The lowest BCUT2D eigenvalue weighted by molar-refractivity contribution is -0.140. The molecule has 3 nitrogen and oxygen atoms in total. The summed E-state index contributed by atoms with van der Waals surface area (Å²) in [4.78, 5) is 12.0. The summed E-state index contributed by atoms with van der Waals surface area (Å²) >= 11 is 1.59. The van der Waals surface area contributed by atoms with Gasteiger partial charge in [-0.15, -0.1) is 11.8 Å². The summed E-state index contributed by atoms with van der Waals surface area (Å²) in [5.74, 6) is 0.496. The number of methoxy groups -OCH3 is 1. The van der Waals surface area contributed by atoms with E-state index in [9.17, 15) is 4.79 Å². The molecule has 0 saturated heterocycles. The van der Waals surface area contributed by atoms with E-state index in [-0.39, 0.29) is 5.97 Å². The lowest BCUT2D eigenvalue weighted by Gasteiger charge is -2.03. The Balaban J connectivity index is 2.53. The topological polar surface area (TPSA) is 50.1 Å². The predicted octanol–water partition coefficient (Wildman–Crippen LogP) is 2.52. The van der Waals surface area contributed by atoms with Crippen molar-refractivity contribution < 1.29 is 9.53 Å². The maximum atomic E-state index is 10.9. The molecule has 0 N–H and O–H groups in total. The van der Waals surface area contributed by atoms with Crippen molar-refractivity contribution >= 4 is 17.7 Å². The SMILES string of the molecule is COC(=O)CCSc1ccc(C#N)c(C)c1. The fourth-order valence-corrected chi connectivity index (χ4v) is 2.13. The Hall–Kier alpha value is -1.47. The average Bonchev–Trinajstić information content (AvgIpc) is 2.29. The number of benzene rings is 1. The second-order valence-corrected chi connectivity index (χ2v) is 4.43. The summed E-state index contributed by atoms with van der Waals surface area (Å²) in [6.45, 7) is 1.91. The smallest absolute Gasteiger partial charge is 0.306 e. The van der Waals surface area contributed by atoms with Crippen LogP contribution in [0.25, 0.3) is 0 Å². The average molecular weight is 235 g/mol. The molecular formula is C12H13NO2S. The van der Waals surface area contributed by atoms with Crippen molar-refractivity contribution in [2.75, 3.05) is 12.9 Å². The summed E-state index contributed by atoms with van der Waals surface area (Å²) in [5.41, 5.74) is 1.66. The van der Waals surface area contributed by atoms with E-state index in [0.717, 1.165) is 10.5 Å². The first kappa shape index (κ1) is 12.6. The van der Waals surface area contributed by atoms with Gasteiger partial charge in [-0.1, -0.05) is 0 Å². The lowest BCUT2D eigenvalue weighted by atomic mass is 10.1. The Kier molecular flexibility index (Phi) is 4.87. The lowest BCUT2D eigenvalue weighted by Crippen LogP contribution is -2.00. The number of nitriles is 1. The molecule has 0 amide bonds. The number of aryl methyl sites for hydroxylation is 1. The van der Waals surface area contributed by atoms with Gasteiger partial charge in [0.2, 0.25) is 0 Å². The van der Waals surface area contributed by atoms with Gasteiger partial charge < -0.3 is 4.74 Å². The van der Waals surface area contributed by atoms with Crippen molar-refractivity contribution in [3.63, 3.8) is 0 Å². The molecule has 0 aliphatic carbocycles. The number of carbonyl (C=O) groups is 1. The van der Waals surface area contributed by atoms with Crippen molar-refractivity contribution in [1.29, 1.82) is 5.26 Å². The molecule has 0 aliphatic rings. The molecule has 16 heavy (non-hydrogen) atoms. The van der Waals surface area contributed by atoms with Crippen molar-refractivity contribution in [3.05, 3.63) is 29.3 Å². The molecule has 0 fully saturated rings. The highest BCUT2D eigenvalue weighted by Gasteiger charge is 2.02. The van der Waals surface area contributed by atoms with Crippen LogP contribution in [0.4, 0.5) is 0 Å². The van der Waals surface area contributed by atoms with Crippen molar-refractivity contribution in [2.45, 2.75) is 18.2 Å². The molecule has 1 rings (SSSR count). The fourth-order valence-electron chi connectivity index (χ4n) is 1.21. The van der Waals surface area contributed by atoms with E-state index in [0.29, 0.717) is 17.7 Å². The Labute approximate surface area is 99.4 Å². The molecule has 84 valence electrons. The fraction of sp³-hybridized carbons (Fsp3) is 0.333. The summed E-state index contributed by atoms with van der Waals surface area (Å²) in [6, 6.07) is 7.78. The highest BCUT2D eigenvalue weighted by molar-refractivity contribution is 7.99. The summed E-state index contributed by atoms with van der Waals surface area (Å²) in [7, 11) is 1.39. The third-order valence-electron chi connectivity index (χ3n) is 2.12. The van der Waals surface area contributed by atoms with Gasteiger partial charge in [0.1, 0.15) is 0 Å². The number of carbonyl (C=O) groups excluding carboxylic acids is 1. The third kappa shape index (κ3) is 3.59. The number of hydrogen-bond donors (Lipinski definition) is 0. The van der Waals surface area contributed by atoms with E-state index in [2.05, 4.69) is 10.8 Å². The van der Waals surface area contributed by atoms with E-state index in [1.807, 2.05) is 19.1 Å². The van der Waals surface area contributed by atoms with Crippen LogP contribution in [0.1, 0.15) is 17.5 Å². The van der Waals surface area contributed by atoms with Crippen molar-refractivity contribution in [3.8, 4) is 6.07 Å². The number of thioether (sulfide) groups is 1. The van der Waals surface area contributed by atoms with Crippen LogP contribution in [0, 0.1) is 18.3 Å². The molecule has 0 heterocycles. The van der Waals surface area contributed by atoms with E-state index in [1.165, 1.54) is 7.11 Å². The molecule has 1 aromatic carbocycles. The van der Waals surface area contributed by atoms with E-state index in [1.54, 1.807) is 17.8 Å². The van der Waals surface area contributed by atoms with E-state index in [4.69, 9.17) is 5.26 Å². The molecule has 0 atom stereocenters. The number of rotatable bonds is 4. The second-order valence-electron chi connectivity index (χ2n) is 3.26. The monoisotopic (exact) mass is 235 g/mol. The van der Waals surface area contributed by atoms with Crippen LogP contribution < -0.4 is 0 Å². The van der Waals surface area contributed by atoms with Crippen molar-refractivity contribution in [2.24, 2.45) is 0 Å². The first-order valence-corrected chi connectivity index (χ1v) is 5.86. The van der Waals surface area contributed by atoms with Gasteiger partial charge in [0.25, 0.3) is 0 Å². The maximum absolute atomic E-state index is 10.9. The minimum Gasteiger partial charge on any atom is -0.469 e. The number of esters is 1. The molecule has 0 unspecified atom stereocenters. The third-order valence-corrected chi connectivity index (χ3v) is 3.12.